The van der Waals surface area contributed by atoms with Gasteiger partial charge in [-0.25, -0.2) is 10.5 Å². The van der Waals surface area contributed by atoms with E-state index in [1.165, 1.54) is 5.56 Å². The zero-order chi connectivity index (χ0) is 24.6. The van der Waals surface area contributed by atoms with Gasteiger partial charge in [-0.15, -0.1) is 4.28 Å². The molecule has 3 rings (SSSR count). The van der Waals surface area contributed by atoms with E-state index in [-0.39, 0.29) is 11.4 Å². The number of guanidine groups is 1. The van der Waals surface area contributed by atoms with Gasteiger partial charge in [0.1, 0.15) is 0 Å². The highest BCUT2D eigenvalue weighted by molar-refractivity contribution is 7.85. The van der Waals surface area contributed by atoms with E-state index >= 15 is 0 Å². The molecule has 3 aromatic rings. The van der Waals surface area contributed by atoms with Crippen LogP contribution in [0.1, 0.15) is 37.5 Å². The molecule has 0 aliphatic heterocycles. The molecule has 180 valence electrons. The van der Waals surface area contributed by atoms with E-state index in [0.717, 1.165) is 17.4 Å². The molecule has 0 fully saturated rings. The Morgan fingerprint density at radius 2 is 1.53 bits per heavy atom. The van der Waals surface area contributed by atoms with Gasteiger partial charge in [0.2, 0.25) is 5.96 Å². The molecule has 0 radical (unpaired) electrons. The lowest BCUT2D eigenvalue weighted by atomic mass is 9.87. The van der Waals surface area contributed by atoms with Crippen LogP contribution < -0.4 is 10.8 Å². The number of aliphatic imine (C=N–C) groups is 1. The highest BCUT2D eigenvalue weighted by Gasteiger charge is 2.13. The summed E-state index contributed by atoms with van der Waals surface area (Å²) in [6.45, 7) is 7.35. The smallest absolute Gasteiger partial charge is 0.285 e. The maximum Gasteiger partial charge on any atom is 0.285 e. The highest BCUT2D eigenvalue weighted by atomic mass is 32.2. The molecule has 0 aliphatic carbocycles. The number of rotatable bonds is 8. The Labute approximate surface area is 201 Å². The van der Waals surface area contributed by atoms with E-state index in [1.807, 2.05) is 78.9 Å². The summed E-state index contributed by atoms with van der Waals surface area (Å²) in [7, 11) is -3.73. The van der Waals surface area contributed by atoms with Crippen LogP contribution in [0.15, 0.2) is 83.9 Å². The second-order valence-electron chi connectivity index (χ2n) is 8.95. The molecule has 8 heteroatoms. The predicted octanol–water partition coefficient (Wildman–Crippen LogP) is 5.28. The van der Waals surface area contributed by atoms with Gasteiger partial charge in [0.25, 0.3) is 10.1 Å². The predicted molar refractivity (Wildman–Crippen MR) is 136 cm³/mol. The lowest BCUT2D eigenvalue weighted by Gasteiger charge is -2.18. The molecule has 0 spiro atoms. The molecule has 0 aliphatic rings. The van der Waals surface area contributed by atoms with Crippen molar-refractivity contribution in [1.82, 2.24) is 5.48 Å². The Kier molecular flexibility index (Phi) is 8.44. The minimum atomic E-state index is -3.73. The van der Waals surface area contributed by atoms with Gasteiger partial charge in [-0.3, -0.25) is 0 Å². The third-order valence-electron chi connectivity index (χ3n) is 4.83. The van der Waals surface area contributed by atoms with Crippen molar-refractivity contribution in [2.24, 2.45) is 4.99 Å². The molecule has 2 N–H and O–H groups in total. The van der Waals surface area contributed by atoms with E-state index in [4.69, 9.17) is 9.02 Å². The molecule has 0 amide bonds. The van der Waals surface area contributed by atoms with E-state index in [0.29, 0.717) is 24.6 Å². The van der Waals surface area contributed by atoms with Crippen molar-refractivity contribution < 1.29 is 17.4 Å². The van der Waals surface area contributed by atoms with Crippen molar-refractivity contribution in [2.45, 2.75) is 39.4 Å². The van der Waals surface area contributed by atoms with Crippen LogP contribution in [-0.4, -0.2) is 20.6 Å². The van der Waals surface area contributed by atoms with Gasteiger partial charge < -0.3 is 10.1 Å². The summed E-state index contributed by atoms with van der Waals surface area (Å²) < 4.78 is 33.6. The average molecular weight is 482 g/mol. The fraction of sp³-hybridized carbons (Fsp3) is 0.269. The van der Waals surface area contributed by atoms with Gasteiger partial charge in [-0.2, -0.15) is 8.42 Å². The van der Waals surface area contributed by atoms with Crippen LogP contribution in [0.25, 0.3) is 0 Å². The summed E-state index contributed by atoms with van der Waals surface area (Å²) in [5.74, 6) is 0.135. The first-order valence-electron chi connectivity index (χ1n) is 10.9. The second kappa shape index (κ2) is 11.3. The van der Waals surface area contributed by atoms with Crippen LogP contribution in [0.3, 0.4) is 0 Å². The third-order valence-corrected chi connectivity index (χ3v) is 5.22. The van der Waals surface area contributed by atoms with Crippen LogP contribution in [0.2, 0.25) is 0 Å². The van der Waals surface area contributed by atoms with Crippen molar-refractivity contribution in [3.8, 4) is 0 Å². The van der Waals surface area contributed by atoms with Crippen LogP contribution in [-0.2, 0) is 37.8 Å². The number of hydrogen-bond acceptors (Lipinski definition) is 5. The summed E-state index contributed by atoms with van der Waals surface area (Å²) in [4.78, 5) is 4.49. The minimum Gasteiger partial charge on any atom is -0.372 e. The molecular formula is C26H31N3O4S. The molecule has 0 aromatic heterocycles. The van der Waals surface area contributed by atoms with Crippen LogP contribution in [0.5, 0.6) is 0 Å². The van der Waals surface area contributed by atoms with Gasteiger partial charge in [0.15, 0.2) is 0 Å². The van der Waals surface area contributed by atoms with Crippen molar-refractivity contribution in [3.63, 3.8) is 0 Å². The number of nitrogens with one attached hydrogen (secondary N) is 2. The van der Waals surface area contributed by atoms with Crippen molar-refractivity contribution in [1.29, 1.82) is 0 Å². The lowest BCUT2D eigenvalue weighted by molar-refractivity contribution is 0.107. The first-order valence-corrected chi connectivity index (χ1v) is 12.7. The molecule has 0 unspecified atom stereocenters. The molecule has 0 heterocycles. The number of hydroxylamine groups is 1. The SMILES string of the molecule is CC(C)(C)c1ccc(N=C(NOS(C)(=O)=O)Nc2cccc(COCc3ccccc3)c2)cc1. The zero-order valence-electron chi connectivity index (χ0n) is 19.9. The standard InChI is InChI=1S/C26H31N3O4S/c1-26(2,3)22-13-15-23(16-14-22)27-25(29-33-34(4,30)31)28-24-12-8-11-21(17-24)19-32-18-20-9-6-5-7-10-20/h5-17H,18-19H2,1-4H3,(H2,27,28,29). The summed E-state index contributed by atoms with van der Waals surface area (Å²) >= 11 is 0. The molecule has 0 saturated heterocycles. The third kappa shape index (κ3) is 8.62. The number of hydrogen-bond donors (Lipinski definition) is 2. The fourth-order valence-corrected chi connectivity index (χ4v) is 3.32. The monoisotopic (exact) mass is 481 g/mol. The molecule has 34 heavy (non-hydrogen) atoms. The number of nitrogens with zero attached hydrogens (tertiary/aromatic N) is 1. The average Bonchev–Trinajstić information content (AvgIpc) is 2.78. The molecule has 0 saturated carbocycles. The number of anilines is 1. The summed E-state index contributed by atoms with van der Waals surface area (Å²) in [6.07, 6.45) is 0.959. The Morgan fingerprint density at radius 3 is 2.18 bits per heavy atom. The first kappa shape index (κ1) is 25.4. The maximum atomic E-state index is 11.5. The quantitative estimate of drug-likeness (QED) is 0.258. The van der Waals surface area contributed by atoms with Gasteiger partial charge in [-0.05, 0) is 46.4 Å². The van der Waals surface area contributed by atoms with Gasteiger partial charge in [0.05, 0.1) is 25.2 Å². The van der Waals surface area contributed by atoms with E-state index in [9.17, 15) is 8.42 Å². The summed E-state index contributed by atoms with van der Waals surface area (Å²) in [5.41, 5.74) is 7.00. The topological polar surface area (TPSA) is 89.0 Å². The second-order valence-corrected chi connectivity index (χ2v) is 10.5. The largest absolute Gasteiger partial charge is 0.372 e. The Hall–Kier alpha value is -3.20. The van der Waals surface area contributed by atoms with E-state index in [2.05, 4.69) is 36.6 Å². The summed E-state index contributed by atoms with van der Waals surface area (Å²) in [5, 5.41) is 3.09. The van der Waals surface area contributed by atoms with Crippen LogP contribution in [0, 0.1) is 0 Å². The normalized spacial score (nSPS) is 12.4. The fourth-order valence-electron chi connectivity index (χ4n) is 3.09. The zero-order valence-corrected chi connectivity index (χ0v) is 20.7. The van der Waals surface area contributed by atoms with E-state index in [1.54, 1.807) is 0 Å². The van der Waals surface area contributed by atoms with Crippen molar-refractivity contribution in [3.05, 3.63) is 95.6 Å². The molecule has 3 aromatic carbocycles. The Balaban J connectivity index is 1.72. The lowest BCUT2D eigenvalue weighted by Crippen LogP contribution is -2.32. The number of ether oxygens (including phenoxy) is 1. The first-order chi connectivity index (χ1) is 16.1. The van der Waals surface area contributed by atoms with Gasteiger partial charge >= 0.3 is 0 Å². The Bertz CT molecular complexity index is 1200. The van der Waals surface area contributed by atoms with Crippen LogP contribution >= 0.6 is 0 Å². The molecule has 7 nitrogen and oxygen atoms in total. The molecule has 0 atom stereocenters. The minimum absolute atomic E-state index is 0.0179. The van der Waals surface area contributed by atoms with Gasteiger partial charge in [0, 0.05) is 5.69 Å². The summed E-state index contributed by atoms with van der Waals surface area (Å²) in [6, 6.07) is 25.3. The van der Waals surface area contributed by atoms with E-state index < -0.39 is 10.1 Å². The van der Waals surface area contributed by atoms with Crippen molar-refractivity contribution >= 4 is 27.5 Å². The molecule has 0 bridgehead atoms. The van der Waals surface area contributed by atoms with Crippen LogP contribution in [0.4, 0.5) is 11.4 Å². The molecular weight excluding hydrogens is 450 g/mol. The highest BCUT2D eigenvalue weighted by Crippen LogP contribution is 2.24. The van der Waals surface area contributed by atoms with Crippen molar-refractivity contribution in [2.75, 3.05) is 11.6 Å². The number of benzene rings is 3. The van der Waals surface area contributed by atoms with Gasteiger partial charge in [-0.1, -0.05) is 75.4 Å². The maximum absolute atomic E-state index is 11.5. The Morgan fingerprint density at radius 1 is 0.882 bits per heavy atom.